The van der Waals surface area contributed by atoms with E-state index in [-0.39, 0.29) is 23.5 Å². The third-order valence-electron chi connectivity index (χ3n) is 3.77. The zero-order valence-electron chi connectivity index (χ0n) is 12.5. The predicted molar refractivity (Wildman–Crippen MR) is 79.4 cm³/mol. The number of nitrogens with two attached hydrogens (primary N) is 2. The third kappa shape index (κ3) is 3.51. The van der Waals surface area contributed by atoms with Gasteiger partial charge in [-0.15, -0.1) is 0 Å². The van der Waals surface area contributed by atoms with E-state index in [1.165, 1.54) is 5.56 Å². The van der Waals surface area contributed by atoms with Gasteiger partial charge in [-0.3, -0.25) is 4.79 Å². The molecule has 4 N–H and O–H groups in total. The SMILES string of the molecule is CC1Cc2cc(C(N)CC(C)(C)CC(N)=O)ccc2O1. The van der Waals surface area contributed by atoms with Gasteiger partial charge < -0.3 is 16.2 Å². The van der Waals surface area contributed by atoms with E-state index in [4.69, 9.17) is 16.2 Å². The van der Waals surface area contributed by atoms with Crippen LogP contribution >= 0.6 is 0 Å². The van der Waals surface area contributed by atoms with Crippen molar-refractivity contribution < 1.29 is 9.53 Å². The Morgan fingerprint density at radius 1 is 1.50 bits per heavy atom. The van der Waals surface area contributed by atoms with Crippen LogP contribution in [-0.2, 0) is 11.2 Å². The van der Waals surface area contributed by atoms with Gasteiger partial charge in [0, 0.05) is 18.9 Å². The van der Waals surface area contributed by atoms with Crippen LogP contribution in [0.2, 0.25) is 0 Å². The molecule has 0 saturated heterocycles. The maximum Gasteiger partial charge on any atom is 0.217 e. The summed E-state index contributed by atoms with van der Waals surface area (Å²) in [5, 5.41) is 0. The van der Waals surface area contributed by atoms with Crippen LogP contribution < -0.4 is 16.2 Å². The zero-order valence-corrected chi connectivity index (χ0v) is 12.5. The third-order valence-corrected chi connectivity index (χ3v) is 3.77. The highest BCUT2D eigenvalue weighted by Crippen LogP contribution is 2.35. The number of amides is 1. The van der Waals surface area contributed by atoms with E-state index in [1.54, 1.807) is 0 Å². The largest absolute Gasteiger partial charge is 0.490 e. The molecule has 20 heavy (non-hydrogen) atoms. The number of fused-ring (bicyclic) bond motifs is 1. The summed E-state index contributed by atoms with van der Waals surface area (Å²) in [6.45, 7) is 6.11. The van der Waals surface area contributed by atoms with Gasteiger partial charge in [0.25, 0.3) is 0 Å². The molecule has 2 rings (SSSR count). The van der Waals surface area contributed by atoms with Crippen molar-refractivity contribution in [1.29, 1.82) is 0 Å². The second-order valence-corrected chi connectivity index (χ2v) is 6.62. The molecule has 1 amide bonds. The first-order chi connectivity index (χ1) is 9.27. The first-order valence-corrected chi connectivity index (χ1v) is 7.10. The lowest BCUT2D eigenvalue weighted by Crippen LogP contribution is -2.27. The van der Waals surface area contributed by atoms with Gasteiger partial charge in [-0.25, -0.2) is 0 Å². The quantitative estimate of drug-likeness (QED) is 0.866. The molecular formula is C16H24N2O2. The van der Waals surface area contributed by atoms with E-state index >= 15 is 0 Å². The number of benzene rings is 1. The summed E-state index contributed by atoms with van der Waals surface area (Å²) in [7, 11) is 0. The molecule has 2 atom stereocenters. The molecule has 1 heterocycles. The van der Waals surface area contributed by atoms with Crippen LogP contribution in [0.4, 0.5) is 0 Å². The van der Waals surface area contributed by atoms with Gasteiger partial charge in [-0.2, -0.15) is 0 Å². The monoisotopic (exact) mass is 276 g/mol. The Morgan fingerprint density at radius 3 is 2.85 bits per heavy atom. The standard InChI is InChI=1S/C16H24N2O2/c1-10-6-12-7-11(4-5-14(12)20-10)13(17)8-16(2,3)9-15(18)19/h4-5,7,10,13H,6,8-9,17H2,1-3H3,(H2,18,19). The van der Waals surface area contributed by atoms with Crippen molar-refractivity contribution in [1.82, 2.24) is 0 Å². The van der Waals surface area contributed by atoms with E-state index in [9.17, 15) is 4.79 Å². The summed E-state index contributed by atoms with van der Waals surface area (Å²) in [6, 6.07) is 6.05. The van der Waals surface area contributed by atoms with Gasteiger partial charge in [-0.05, 0) is 36.0 Å². The highest BCUT2D eigenvalue weighted by atomic mass is 16.5. The van der Waals surface area contributed by atoms with Gasteiger partial charge >= 0.3 is 0 Å². The van der Waals surface area contributed by atoms with Crippen LogP contribution in [0.25, 0.3) is 0 Å². The molecule has 0 bridgehead atoms. The molecule has 1 aliphatic heterocycles. The minimum atomic E-state index is -0.279. The lowest BCUT2D eigenvalue weighted by Gasteiger charge is -2.27. The average molecular weight is 276 g/mol. The van der Waals surface area contributed by atoms with Gasteiger partial charge in [0.1, 0.15) is 11.9 Å². The van der Waals surface area contributed by atoms with E-state index in [0.29, 0.717) is 6.42 Å². The molecule has 0 radical (unpaired) electrons. The first kappa shape index (κ1) is 14.9. The highest BCUT2D eigenvalue weighted by Gasteiger charge is 2.26. The zero-order chi connectivity index (χ0) is 14.9. The lowest BCUT2D eigenvalue weighted by molar-refractivity contribution is -0.120. The van der Waals surface area contributed by atoms with E-state index < -0.39 is 0 Å². The number of hydrogen-bond donors (Lipinski definition) is 2. The number of primary amides is 1. The van der Waals surface area contributed by atoms with Crippen molar-refractivity contribution in [2.24, 2.45) is 16.9 Å². The van der Waals surface area contributed by atoms with Gasteiger partial charge in [-0.1, -0.05) is 26.0 Å². The van der Waals surface area contributed by atoms with Crippen LogP contribution in [0.5, 0.6) is 5.75 Å². The van der Waals surface area contributed by atoms with E-state index in [2.05, 4.69) is 13.0 Å². The predicted octanol–water partition coefficient (Wildman–Crippen LogP) is 2.30. The van der Waals surface area contributed by atoms with Crippen LogP contribution in [0.3, 0.4) is 0 Å². The fourth-order valence-corrected chi connectivity index (χ4v) is 2.93. The minimum Gasteiger partial charge on any atom is -0.490 e. The van der Waals surface area contributed by atoms with Crippen LogP contribution in [0.15, 0.2) is 18.2 Å². The molecule has 0 aliphatic carbocycles. The number of hydrogen-bond acceptors (Lipinski definition) is 3. The van der Waals surface area contributed by atoms with Crippen molar-refractivity contribution in [3.8, 4) is 5.75 Å². The molecule has 2 unspecified atom stereocenters. The lowest BCUT2D eigenvalue weighted by atomic mass is 9.80. The maximum atomic E-state index is 11.1. The molecule has 110 valence electrons. The summed E-state index contributed by atoms with van der Waals surface area (Å²) >= 11 is 0. The molecule has 0 spiro atoms. The first-order valence-electron chi connectivity index (χ1n) is 7.10. The Bertz CT molecular complexity index is 511. The summed E-state index contributed by atoms with van der Waals surface area (Å²) in [5.74, 6) is 0.684. The fraction of sp³-hybridized carbons (Fsp3) is 0.562. The summed E-state index contributed by atoms with van der Waals surface area (Å²) in [6.07, 6.45) is 2.25. The molecule has 4 nitrogen and oxygen atoms in total. The van der Waals surface area contributed by atoms with Gasteiger partial charge in [0.2, 0.25) is 5.91 Å². The average Bonchev–Trinajstić information content (AvgIpc) is 2.64. The summed E-state index contributed by atoms with van der Waals surface area (Å²) in [4.78, 5) is 11.1. The normalized spacial score (nSPS) is 19.3. The van der Waals surface area contributed by atoms with E-state index in [1.807, 2.05) is 26.0 Å². The van der Waals surface area contributed by atoms with Crippen molar-refractivity contribution in [3.63, 3.8) is 0 Å². The fourth-order valence-electron chi connectivity index (χ4n) is 2.93. The van der Waals surface area contributed by atoms with Gasteiger partial charge in [0.15, 0.2) is 0 Å². The van der Waals surface area contributed by atoms with Gasteiger partial charge in [0.05, 0.1) is 0 Å². The number of ether oxygens (including phenoxy) is 1. The van der Waals surface area contributed by atoms with E-state index in [0.717, 1.165) is 24.2 Å². The number of carbonyl (C=O) groups excluding carboxylic acids is 1. The van der Waals surface area contributed by atoms with Crippen molar-refractivity contribution in [2.45, 2.75) is 52.2 Å². The number of rotatable bonds is 5. The Morgan fingerprint density at radius 2 is 2.20 bits per heavy atom. The van der Waals surface area contributed by atoms with Crippen LogP contribution in [0.1, 0.15) is 50.8 Å². The van der Waals surface area contributed by atoms with Crippen molar-refractivity contribution in [2.75, 3.05) is 0 Å². The Hall–Kier alpha value is -1.55. The highest BCUT2D eigenvalue weighted by molar-refractivity contribution is 5.74. The van der Waals surface area contributed by atoms with Crippen LogP contribution in [-0.4, -0.2) is 12.0 Å². The topological polar surface area (TPSA) is 78.3 Å². The second-order valence-electron chi connectivity index (χ2n) is 6.62. The molecule has 4 heteroatoms. The Kier molecular flexibility index (Phi) is 4.04. The molecule has 1 aromatic rings. The summed E-state index contributed by atoms with van der Waals surface area (Å²) in [5.41, 5.74) is 13.7. The molecular weight excluding hydrogens is 252 g/mol. The van der Waals surface area contributed by atoms with Crippen molar-refractivity contribution >= 4 is 5.91 Å². The summed E-state index contributed by atoms with van der Waals surface area (Å²) < 4.78 is 5.69. The Balaban J connectivity index is 2.08. The minimum absolute atomic E-state index is 0.0921. The molecule has 0 aromatic heterocycles. The van der Waals surface area contributed by atoms with Crippen molar-refractivity contribution in [3.05, 3.63) is 29.3 Å². The maximum absolute atomic E-state index is 11.1. The second kappa shape index (κ2) is 5.44. The molecule has 0 fully saturated rings. The molecule has 1 aromatic carbocycles. The smallest absolute Gasteiger partial charge is 0.217 e. The number of carbonyl (C=O) groups is 1. The Labute approximate surface area is 120 Å². The molecule has 1 aliphatic rings. The molecule has 0 saturated carbocycles. The van der Waals surface area contributed by atoms with Crippen LogP contribution in [0, 0.1) is 5.41 Å².